The lowest BCUT2D eigenvalue weighted by atomic mass is 10.2. The predicted molar refractivity (Wildman–Crippen MR) is 89.7 cm³/mol. The van der Waals surface area contributed by atoms with E-state index in [1.54, 1.807) is 18.2 Å². The Morgan fingerprint density at radius 2 is 2.09 bits per heavy atom. The first kappa shape index (κ1) is 15.5. The van der Waals surface area contributed by atoms with E-state index < -0.39 is 0 Å². The number of halogens is 2. The van der Waals surface area contributed by atoms with Crippen molar-refractivity contribution in [3.8, 4) is 0 Å². The smallest absolute Gasteiger partial charge is 0.261 e. The molecule has 3 rings (SSSR count). The van der Waals surface area contributed by atoms with E-state index in [1.807, 2.05) is 24.3 Å². The number of aromatic nitrogens is 3. The van der Waals surface area contributed by atoms with Crippen molar-refractivity contribution in [3.05, 3.63) is 58.1 Å². The van der Waals surface area contributed by atoms with Gasteiger partial charge >= 0.3 is 0 Å². The summed E-state index contributed by atoms with van der Waals surface area (Å²) in [5, 5.41) is 12.8. The summed E-state index contributed by atoms with van der Waals surface area (Å²) in [5.74, 6) is -0.318. The summed E-state index contributed by atoms with van der Waals surface area (Å²) in [6.45, 7) is 0.0200. The molecule has 1 amide bonds. The first-order chi connectivity index (χ1) is 11.1. The number of hydrogen-bond acceptors (Lipinski definition) is 4. The van der Waals surface area contributed by atoms with Gasteiger partial charge in [0, 0.05) is 10.6 Å². The van der Waals surface area contributed by atoms with E-state index in [2.05, 4.69) is 20.8 Å². The van der Waals surface area contributed by atoms with Gasteiger partial charge in [-0.05, 0) is 24.3 Å². The second-order valence-electron chi connectivity index (χ2n) is 4.69. The Bertz CT molecular complexity index is 890. The molecule has 23 heavy (non-hydrogen) atoms. The monoisotopic (exact) mass is 347 g/mol. The number of carbonyl (C=O) groups excluding carboxylic acids is 1. The predicted octanol–water partition coefficient (Wildman–Crippen LogP) is 2.89. The van der Waals surface area contributed by atoms with Crippen molar-refractivity contribution >= 4 is 46.4 Å². The molecule has 6 nitrogen and oxygen atoms in total. The molecule has 0 saturated heterocycles. The highest BCUT2D eigenvalue weighted by Gasteiger charge is 2.07. The summed E-state index contributed by atoms with van der Waals surface area (Å²) < 4.78 is 1.51. The van der Waals surface area contributed by atoms with Crippen LogP contribution in [-0.4, -0.2) is 27.1 Å². The highest BCUT2D eigenvalue weighted by molar-refractivity contribution is 6.36. The largest absolute Gasteiger partial charge is 0.271 e. The summed E-state index contributed by atoms with van der Waals surface area (Å²) in [7, 11) is 0. The third kappa shape index (κ3) is 3.67. The maximum Gasteiger partial charge on any atom is 0.261 e. The molecular weight excluding hydrogens is 337 g/mol. The van der Waals surface area contributed by atoms with Gasteiger partial charge in [0.15, 0.2) is 0 Å². The zero-order valence-corrected chi connectivity index (χ0v) is 13.3. The third-order valence-corrected chi connectivity index (χ3v) is 3.63. The number of hydrazone groups is 1. The fourth-order valence-corrected chi connectivity index (χ4v) is 2.44. The fourth-order valence-electron chi connectivity index (χ4n) is 1.99. The fraction of sp³-hybridized carbons (Fsp3) is 0.0667. The first-order valence-corrected chi connectivity index (χ1v) is 7.44. The molecule has 0 saturated carbocycles. The zero-order chi connectivity index (χ0) is 16.2. The van der Waals surface area contributed by atoms with E-state index in [-0.39, 0.29) is 12.5 Å². The lowest BCUT2D eigenvalue weighted by Gasteiger charge is -2.01. The topological polar surface area (TPSA) is 72.2 Å². The molecule has 8 heteroatoms. The highest BCUT2D eigenvalue weighted by atomic mass is 35.5. The number of para-hydroxylation sites is 1. The molecule has 1 N–H and O–H groups in total. The van der Waals surface area contributed by atoms with E-state index in [0.717, 1.165) is 11.0 Å². The van der Waals surface area contributed by atoms with Crippen molar-refractivity contribution in [1.29, 1.82) is 0 Å². The third-order valence-electron chi connectivity index (χ3n) is 3.07. The van der Waals surface area contributed by atoms with Gasteiger partial charge in [-0.25, -0.2) is 10.1 Å². The second-order valence-corrected chi connectivity index (χ2v) is 5.54. The summed E-state index contributed by atoms with van der Waals surface area (Å²) in [6.07, 6.45) is 1.45. The minimum absolute atomic E-state index is 0.0200. The van der Waals surface area contributed by atoms with Gasteiger partial charge in [-0.1, -0.05) is 46.6 Å². The Hall–Kier alpha value is -2.44. The normalized spacial score (nSPS) is 11.2. The zero-order valence-electron chi connectivity index (χ0n) is 11.8. The van der Waals surface area contributed by atoms with Crippen LogP contribution in [0.3, 0.4) is 0 Å². The number of benzene rings is 2. The number of hydrogen-bond donors (Lipinski definition) is 1. The van der Waals surface area contributed by atoms with Crippen LogP contribution in [0.15, 0.2) is 47.6 Å². The molecule has 1 heterocycles. The van der Waals surface area contributed by atoms with Gasteiger partial charge in [-0.15, -0.1) is 5.10 Å². The van der Waals surface area contributed by atoms with Crippen LogP contribution in [0.1, 0.15) is 5.56 Å². The van der Waals surface area contributed by atoms with Crippen LogP contribution in [0.2, 0.25) is 10.0 Å². The SMILES string of the molecule is O=C(Cn1nnc2ccccc21)N/N=C/c1ccc(Cl)cc1Cl. The van der Waals surface area contributed by atoms with Crippen LogP contribution in [0.4, 0.5) is 0 Å². The molecule has 2 aromatic carbocycles. The van der Waals surface area contributed by atoms with Crippen LogP contribution in [0.25, 0.3) is 11.0 Å². The lowest BCUT2D eigenvalue weighted by molar-refractivity contribution is -0.121. The number of rotatable bonds is 4. The maximum atomic E-state index is 11.9. The summed E-state index contributed by atoms with van der Waals surface area (Å²) >= 11 is 11.8. The Morgan fingerprint density at radius 1 is 1.26 bits per heavy atom. The molecule has 0 unspecified atom stereocenters. The number of carbonyl (C=O) groups is 1. The molecule has 0 fully saturated rings. The quantitative estimate of drug-likeness (QED) is 0.582. The van der Waals surface area contributed by atoms with E-state index in [0.29, 0.717) is 15.6 Å². The number of fused-ring (bicyclic) bond motifs is 1. The summed E-state index contributed by atoms with van der Waals surface area (Å²) in [5.41, 5.74) is 4.60. The molecule has 0 aliphatic rings. The highest BCUT2D eigenvalue weighted by Crippen LogP contribution is 2.19. The van der Waals surface area contributed by atoms with Gasteiger partial charge in [0.2, 0.25) is 0 Å². The average Bonchev–Trinajstić information content (AvgIpc) is 2.93. The maximum absolute atomic E-state index is 11.9. The van der Waals surface area contributed by atoms with Crippen molar-refractivity contribution in [2.75, 3.05) is 0 Å². The molecule has 0 aliphatic carbocycles. The molecule has 0 bridgehead atoms. The van der Waals surface area contributed by atoms with Gasteiger partial charge < -0.3 is 0 Å². The van der Waals surface area contributed by atoms with Crippen molar-refractivity contribution in [3.63, 3.8) is 0 Å². The molecule has 0 atom stereocenters. The molecule has 0 spiro atoms. The van der Waals surface area contributed by atoms with Gasteiger partial charge in [0.05, 0.1) is 16.8 Å². The molecule has 0 radical (unpaired) electrons. The van der Waals surface area contributed by atoms with Crippen LogP contribution >= 0.6 is 23.2 Å². The number of amides is 1. The van der Waals surface area contributed by atoms with E-state index >= 15 is 0 Å². The molecule has 3 aromatic rings. The average molecular weight is 348 g/mol. The number of nitrogens with one attached hydrogen (secondary N) is 1. The van der Waals surface area contributed by atoms with Gasteiger partial charge in [-0.2, -0.15) is 5.10 Å². The van der Waals surface area contributed by atoms with E-state index in [4.69, 9.17) is 23.2 Å². The van der Waals surface area contributed by atoms with Gasteiger partial charge in [-0.3, -0.25) is 4.79 Å². The molecule has 116 valence electrons. The van der Waals surface area contributed by atoms with Crippen LogP contribution in [-0.2, 0) is 11.3 Å². The minimum Gasteiger partial charge on any atom is -0.271 e. The van der Waals surface area contributed by atoms with Gasteiger partial charge in [0.1, 0.15) is 12.1 Å². The summed E-state index contributed by atoms with van der Waals surface area (Å²) in [6, 6.07) is 12.4. The van der Waals surface area contributed by atoms with E-state index in [1.165, 1.54) is 10.9 Å². The van der Waals surface area contributed by atoms with Crippen LogP contribution < -0.4 is 5.43 Å². The standard InChI is InChI=1S/C15H11Cl2N5O/c16-11-6-5-10(12(17)7-11)8-18-20-15(23)9-22-14-4-2-1-3-13(14)19-21-22/h1-8H,9H2,(H,20,23)/b18-8+. The van der Waals surface area contributed by atoms with Crippen molar-refractivity contribution in [1.82, 2.24) is 20.4 Å². The molecular formula is C15H11Cl2N5O. The van der Waals surface area contributed by atoms with Crippen molar-refractivity contribution < 1.29 is 4.79 Å². The summed E-state index contributed by atoms with van der Waals surface area (Å²) in [4.78, 5) is 11.9. The van der Waals surface area contributed by atoms with Crippen LogP contribution in [0, 0.1) is 0 Å². The Morgan fingerprint density at radius 3 is 2.91 bits per heavy atom. The molecule has 1 aromatic heterocycles. The number of nitrogens with zero attached hydrogens (tertiary/aromatic N) is 4. The Labute approximate surface area is 141 Å². The Balaban J connectivity index is 1.64. The van der Waals surface area contributed by atoms with Crippen LogP contribution in [0.5, 0.6) is 0 Å². The Kier molecular flexibility index (Phi) is 4.55. The minimum atomic E-state index is -0.318. The molecule has 0 aliphatic heterocycles. The van der Waals surface area contributed by atoms with Gasteiger partial charge in [0.25, 0.3) is 5.91 Å². The van der Waals surface area contributed by atoms with E-state index in [9.17, 15) is 4.79 Å². The van der Waals surface area contributed by atoms with Crippen molar-refractivity contribution in [2.45, 2.75) is 6.54 Å². The first-order valence-electron chi connectivity index (χ1n) is 6.68. The second kappa shape index (κ2) is 6.76. The lowest BCUT2D eigenvalue weighted by Crippen LogP contribution is -2.23. The van der Waals surface area contributed by atoms with Crippen molar-refractivity contribution in [2.24, 2.45) is 5.10 Å².